The van der Waals surface area contributed by atoms with Gasteiger partial charge in [-0.25, -0.2) is 18.6 Å². The van der Waals surface area contributed by atoms with Crippen molar-refractivity contribution in [2.45, 2.75) is 25.0 Å². The molecule has 0 bridgehead atoms. The van der Waals surface area contributed by atoms with Crippen molar-refractivity contribution >= 4 is 11.8 Å². The average molecular weight is 759 g/mol. The second-order valence-corrected chi connectivity index (χ2v) is 15.2. The van der Waals surface area contributed by atoms with Crippen molar-refractivity contribution in [2.24, 2.45) is 0 Å². The molecule has 0 fully saturated rings. The van der Waals surface area contributed by atoms with Crippen LogP contribution >= 0.6 is 0 Å². The van der Waals surface area contributed by atoms with E-state index >= 15 is 0 Å². The van der Waals surface area contributed by atoms with Crippen LogP contribution in [-0.4, -0.2) is 12.8 Å². The second kappa shape index (κ2) is 14.5. The maximum absolute atomic E-state index is 8.49. The number of para-hydroxylation sites is 1. The number of likely N-dealkylation sites (N-methyl/N-ethyl adjacent to an activating group) is 1. The number of hydrogen-bond donors (Lipinski definition) is 0. The molecule has 2 aliphatic heterocycles. The molecule has 1 unspecified atom stereocenters. The molecule has 0 radical (unpaired) electrons. The van der Waals surface area contributed by atoms with E-state index < -0.39 is 16.0 Å². The number of rotatable bonds is 5. The van der Waals surface area contributed by atoms with Gasteiger partial charge >= 0.3 is 0 Å². The van der Waals surface area contributed by atoms with Crippen LogP contribution in [-0.2, 0) is 5.41 Å². The fourth-order valence-electron chi connectivity index (χ4n) is 8.14. The lowest BCUT2D eigenvalue weighted by molar-refractivity contribution is -2.00. The number of pyridine rings is 1. The SMILES string of the molecule is CN1c2ccccc2C(C)(C)C12C=Cc1cc(-[n+]3c(-c4ccccc4)cc(-c4ccccc4)cc3-c3ccccc3)cc(-c3ccccc3)c1O2.[O-][Cl+3]([O-])([O-])[O-]. The molecule has 56 heavy (non-hydrogen) atoms. The lowest BCUT2D eigenvalue weighted by Gasteiger charge is -2.46. The normalized spacial score (nSPS) is 16.4. The molecule has 7 nitrogen and oxygen atoms in total. The van der Waals surface area contributed by atoms with E-state index in [1.165, 1.54) is 22.4 Å². The Balaban J connectivity index is 0.000000831. The lowest BCUT2D eigenvalue weighted by atomic mass is 9.76. The highest BCUT2D eigenvalue weighted by molar-refractivity contribution is 5.82. The van der Waals surface area contributed by atoms with Gasteiger partial charge in [0.15, 0.2) is 0 Å². The molecule has 7 aromatic rings. The molecule has 1 aromatic heterocycles. The number of nitrogens with zero attached hydrogens (tertiary/aromatic N) is 2. The van der Waals surface area contributed by atoms with Gasteiger partial charge in [-0.3, -0.25) is 0 Å². The molecule has 0 saturated carbocycles. The fraction of sp³-hybridized carbons (Fsp3) is 0.104. The number of aromatic nitrogens is 1. The van der Waals surface area contributed by atoms with Gasteiger partial charge < -0.3 is 9.64 Å². The molecule has 0 saturated heterocycles. The summed E-state index contributed by atoms with van der Waals surface area (Å²) < 4.78 is 43.8. The molecule has 278 valence electrons. The zero-order chi connectivity index (χ0) is 39.1. The molecule has 8 heteroatoms. The Hall–Kier alpha value is -6.06. The van der Waals surface area contributed by atoms with Crippen LogP contribution in [0.1, 0.15) is 25.0 Å². The Morgan fingerprint density at radius 1 is 0.554 bits per heavy atom. The van der Waals surface area contributed by atoms with Crippen LogP contribution < -0.4 is 32.8 Å². The van der Waals surface area contributed by atoms with Crippen molar-refractivity contribution in [2.75, 3.05) is 11.9 Å². The van der Waals surface area contributed by atoms with E-state index in [1.54, 1.807) is 0 Å². The van der Waals surface area contributed by atoms with Crippen LogP contribution in [0.15, 0.2) is 176 Å². The minimum absolute atomic E-state index is 0.303. The van der Waals surface area contributed by atoms with Crippen LogP contribution in [0.5, 0.6) is 5.75 Å². The van der Waals surface area contributed by atoms with Crippen LogP contribution in [0.4, 0.5) is 5.69 Å². The van der Waals surface area contributed by atoms with E-state index in [0.717, 1.165) is 50.6 Å². The summed E-state index contributed by atoms with van der Waals surface area (Å²) in [6.07, 6.45) is 4.55. The largest absolute Gasteiger partial charge is 0.462 e. The summed E-state index contributed by atoms with van der Waals surface area (Å²) >= 11 is 0. The predicted octanol–water partition coefficient (Wildman–Crippen LogP) is 6.40. The third kappa shape index (κ3) is 6.77. The highest BCUT2D eigenvalue weighted by atomic mass is 35.7. The van der Waals surface area contributed by atoms with Crippen molar-refractivity contribution in [1.82, 2.24) is 0 Å². The van der Waals surface area contributed by atoms with Crippen molar-refractivity contribution in [3.8, 4) is 56.2 Å². The zero-order valence-corrected chi connectivity index (χ0v) is 31.9. The minimum atomic E-state index is -4.94. The van der Waals surface area contributed by atoms with Crippen molar-refractivity contribution < 1.29 is 38.2 Å². The van der Waals surface area contributed by atoms with Gasteiger partial charge in [0.05, 0.1) is 5.41 Å². The van der Waals surface area contributed by atoms with Gasteiger partial charge in [-0.1, -0.05) is 115 Å². The van der Waals surface area contributed by atoms with E-state index in [1.807, 2.05) is 0 Å². The topological polar surface area (TPSA) is 109 Å². The average Bonchev–Trinajstić information content (AvgIpc) is 3.38. The Kier molecular flexibility index (Phi) is 9.58. The molecule has 6 aromatic carbocycles. The van der Waals surface area contributed by atoms with Gasteiger partial charge in [-0.2, -0.15) is 4.57 Å². The molecular weight excluding hydrogens is 720 g/mol. The minimum Gasteiger partial charge on any atom is -0.462 e. The van der Waals surface area contributed by atoms with E-state index in [2.05, 4.69) is 212 Å². The lowest BCUT2D eigenvalue weighted by Crippen LogP contribution is -2.68. The molecular formula is C48H39ClN2O5. The molecule has 2 aliphatic rings. The molecule has 9 rings (SSSR count). The molecule has 0 aliphatic carbocycles. The summed E-state index contributed by atoms with van der Waals surface area (Å²) in [6.45, 7) is 4.59. The van der Waals surface area contributed by atoms with E-state index in [-0.39, 0.29) is 5.41 Å². The quantitative estimate of drug-likeness (QED) is 0.188. The van der Waals surface area contributed by atoms with E-state index in [0.29, 0.717) is 0 Å². The van der Waals surface area contributed by atoms with Gasteiger partial charge in [-0.05, 0) is 78.6 Å². The highest BCUT2D eigenvalue weighted by Crippen LogP contribution is 2.55. The van der Waals surface area contributed by atoms with Gasteiger partial charge in [0.25, 0.3) is 0 Å². The Bertz CT molecular complexity index is 2470. The van der Waals surface area contributed by atoms with Gasteiger partial charge in [-0.15, -0.1) is 10.2 Å². The zero-order valence-electron chi connectivity index (χ0n) is 31.1. The maximum atomic E-state index is 8.49. The number of hydrogen-bond acceptors (Lipinski definition) is 6. The van der Waals surface area contributed by atoms with Crippen LogP contribution in [0.3, 0.4) is 0 Å². The highest BCUT2D eigenvalue weighted by Gasteiger charge is 2.57. The molecule has 1 atom stereocenters. The van der Waals surface area contributed by atoms with Gasteiger partial charge in [0.1, 0.15) is 5.75 Å². The summed E-state index contributed by atoms with van der Waals surface area (Å²) in [7, 11) is -2.79. The summed E-state index contributed by atoms with van der Waals surface area (Å²) in [4.78, 5) is 2.31. The molecule has 1 spiro atoms. The number of halogens is 1. The number of anilines is 1. The van der Waals surface area contributed by atoms with Gasteiger partial charge in [0, 0.05) is 59.3 Å². The van der Waals surface area contributed by atoms with E-state index in [4.69, 9.17) is 23.4 Å². The molecule has 0 N–H and O–H groups in total. The smallest absolute Gasteiger partial charge is 0.219 e. The van der Waals surface area contributed by atoms with Crippen LogP contribution in [0, 0.1) is 10.2 Å². The molecule has 0 amide bonds. The van der Waals surface area contributed by atoms with Crippen molar-refractivity contribution in [3.05, 3.63) is 187 Å². The Morgan fingerprint density at radius 2 is 1.02 bits per heavy atom. The maximum Gasteiger partial charge on any atom is 0.219 e. The third-order valence-corrected chi connectivity index (χ3v) is 10.8. The third-order valence-electron chi connectivity index (χ3n) is 10.8. The van der Waals surface area contributed by atoms with Gasteiger partial charge in [0.2, 0.25) is 22.8 Å². The standard InChI is InChI=1S/C48H39N2O.ClHO4/c1-47(2)42-26-16-17-27-43(42)49(3)48(47)29-28-38-30-40(33-41(46(38)51-48)35-20-10-5-11-21-35)50-44(36-22-12-6-13-23-36)31-39(34-18-8-4-9-19-34)32-45(50)37-24-14-7-15-25-37;2-1(3,4)5/h4-33H,1-3H3;(H,2,3,4,5)/q+1;/p-1. The van der Waals surface area contributed by atoms with E-state index in [9.17, 15) is 0 Å². The first kappa shape index (κ1) is 36.9. The number of benzene rings is 6. The number of fused-ring (bicyclic) bond motifs is 2. The Labute approximate surface area is 329 Å². The summed E-state index contributed by atoms with van der Waals surface area (Å²) in [6, 6.07) is 60.7. The first-order chi connectivity index (χ1) is 26.9. The molecule has 3 heterocycles. The summed E-state index contributed by atoms with van der Waals surface area (Å²) in [5.41, 5.74) is 12.6. The summed E-state index contributed by atoms with van der Waals surface area (Å²) in [5.74, 6) is 0.893. The Morgan fingerprint density at radius 3 is 1.54 bits per heavy atom. The number of ether oxygens (including phenoxy) is 1. The monoisotopic (exact) mass is 758 g/mol. The predicted molar refractivity (Wildman–Crippen MR) is 210 cm³/mol. The van der Waals surface area contributed by atoms with Crippen molar-refractivity contribution in [3.63, 3.8) is 0 Å². The van der Waals surface area contributed by atoms with Crippen LogP contribution in [0.25, 0.3) is 56.5 Å². The first-order valence-corrected chi connectivity index (χ1v) is 19.5. The first-order valence-electron chi connectivity index (χ1n) is 18.3. The summed E-state index contributed by atoms with van der Waals surface area (Å²) in [5, 5.41) is 0. The van der Waals surface area contributed by atoms with Crippen molar-refractivity contribution in [1.29, 1.82) is 0 Å². The van der Waals surface area contributed by atoms with Crippen LogP contribution in [0.2, 0.25) is 0 Å². The fourth-order valence-corrected chi connectivity index (χ4v) is 8.14. The second-order valence-electron chi connectivity index (χ2n) is 14.4.